The zero-order chi connectivity index (χ0) is 18.5. The van der Waals surface area contributed by atoms with Gasteiger partial charge in [-0.25, -0.2) is 4.79 Å². The fourth-order valence-corrected chi connectivity index (χ4v) is 4.78. The van der Waals surface area contributed by atoms with Crippen molar-refractivity contribution in [2.24, 2.45) is 17.8 Å². The van der Waals surface area contributed by atoms with Gasteiger partial charge in [0.25, 0.3) is 0 Å². The number of hydrogen-bond donors (Lipinski definition) is 2. The Labute approximate surface area is 154 Å². The SMILES string of the molecule is CO[C@H]1C[C@H]2C[C@@H](OC)[C@@H](NC(=O)O)C[C@H]2[C@@H]1COCc1ccccc1. The first-order chi connectivity index (χ1) is 12.6. The fourth-order valence-electron chi connectivity index (χ4n) is 4.78. The van der Waals surface area contributed by atoms with Crippen LogP contribution in [-0.2, 0) is 20.8 Å². The van der Waals surface area contributed by atoms with E-state index in [4.69, 9.17) is 19.3 Å². The van der Waals surface area contributed by atoms with Crippen LogP contribution in [0.4, 0.5) is 4.79 Å². The molecule has 0 unspecified atom stereocenters. The Morgan fingerprint density at radius 3 is 2.46 bits per heavy atom. The molecule has 6 nitrogen and oxygen atoms in total. The van der Waals surface area contributed by atoms with Gasteiger partial charge in [-0.1, -0.05) is 30.3 Å². The van der Waals surface area contributed by atoms with E-state index >= 15 is 0 Å². The van der Waals surface area contributed by atoms with Crippen LogP contribution < -0.4 is 5.32 Å². The minimum Gasteiger partial charge on any atom is -0.465 e. The molecule has 6 atom stereocenters. The number of carbonyl (C=O) groups is 1. The Morgan fingerprint density at radius 1 is 1.12 bits per heavy atom. The van der Waals surface area contributed by atoms with Crippen LogP contribution in [0.1, 0.15) is 24.8 Å². The number of carboxylic acid groups (broad SMARTS) is 1. The molecule has 0 saturated heterocycles. The Morgan fingerprint density at radius 2 is 1.81 bits per heavy atom. The topological polar surface area (TPSA) is 77.0 Å². The Kier molecular flexibility index (Phi) is 6.51. The summed E-state index contributed by atoms with van der Waals surface area (Å²) in [5.74, 6) is 1.16. The summed E-state index contributed by atoms with van der Waals surface area (Å²) < 4.78 is 17.3. The lowest BCUT2D eigenvalue weighted by Gasteiger charge is -2.39. The molecule has 3 rings (SSSR count). The van der Waals surface area contributed by atoms with E-state index in [2.05, 4.69) is 17.4 Å². The first-order valence-electron chi connectivity index (χ1n) is 9.29. The Hall–Kier alpha value is -1.63. The highest BCUT2D eigenvalue weighted by molar-refractivity contribution is 5.65. The monoisotopic (exact) mass is 363 g/mol. The summed E-state index contributed by atoms with van der Waals surface area (Å²) in [7, 11) is 3.41. The molecule has 2 aliphatic carbocycles. The number of fused-ring (bicyclic) bond motifs is 1. The molecule has 1 aromatic rings. The van der Waals surface area contributed by atoms with E-state index in [0.717, 1.165) is 24.8 Å². The summed E-state index contributed by atoms with van der Waals surface area (Å²) in [5.41, 5.74) is 1.16. The molecule has 0 aliphatic heterocycles. The van der Waals surface area contributed by atoms with Crippen molar-refractivity contribution in [2.75, 3.05) is 20.8 Å². The summed E-state index contributed by atoms with van der Waals surface area (Å²) in [6.07, 6.45) is 1.71. The van der Waals surface area contributed by atoms with E-state index in [1.807, 2.05) is 18.2 Å². The average Bonchev–Trinajstić information content (AvgIpc) is 2.98. The molecule has 6 heteroatoms. The molecule has 2 N–H and O–H groups in total. The van der Waals surface area contributed by atoms with Gasteiger partial charge in [0.1, 0.15) is 0 Å². The molecule has 26 heavy (non-hydrogen) atoms. The molecule has 0 heterocycles. The third-order valence-electron chi connectivity index (χ3n) is 6.01. The number of benzene rings is 1. The van der Waals surface area contributed by atoms with Crippen LogP contribution in [0.5, 0.6) is 0 Å². The summed E-state index contributed by atoms with van der Waals surface area (Å²) in [6, 6.07) is 9.96. The highest BCUT2D eigenvalue weighted by Crippen LogP contribution is 2.47. The molecule has 0 aromatic heterocycles. The highest BCUT2D eigenvalue weighted by Gasteiger charge is 2.49. The Bertz CT molecular complexity index is 581. The number of methoxy groups -OCH3 is 2. The van der Waals surface area contributed by atoms with Crippen LogP contribution in [-0.4, -0.2) is 50.3 Å². The fraction of sp³-hybridized carbons (Fsp3) is 0.650. The number of nitrogens with one attached hydrogen (secondary N) is 1. The smallest absolute Gasteiger partial charge is 0.404 e. The molecule has 144 valence electrons. The minimum absolute atomic E-state index is 0.0751. The molecule has 1 aromatic carbocycles. The van der Waals surface area contributed by atoms with E-state index in [1.54, 1.807) is 14.2 Å². The van der Waals surface area contributed by atoms with Crippen LogP contribution >= 0.6 is 0 Å². The highest BCUT2D eigenvalue weighted by atomic mass is 16.5. The van der Waals surface area contributed by atoms with Crippen molar-refractivity contribution in [3.05, 3.63) is 35.9 Å². The largest absolute Gasteiger partial charge is 0.465 e. The molecule has 0 bridgehead atoms. The number of amides is 1. The third-order valence-corrected chi connectivity index (χ3v) is 6.01. The van der Waals surface area contributed by atoms with Gasteiger partial charge in [-0.3, -0.25) is 0 Å². The second-order valence-electron chi connectivity index (χ2n) is 7.40. The van der Waals surface area contributed by atoms with Crippen LogP contribution in [0.25, 0.3) is 0 Å². The van der Waals surface area contributed by atoms with E-state index in [-0.39, 0.29) is 24.2 Å². The maximum Gasteiger partial charge on any atom is 0.404 e. The summed E-state index contributed by atoms with van der Waals surface area (Å²) in [5, 5.41) is 11.8. The van der Waals surface area contributed by atoms with Gasteiger partial charge in [-0.15, -0.1) is 0 Å². The summed E-state index contributed by atoms with van der Waals surface area (Å²) in [6.45, 7) is 1.22. The van der Waals surface area contributed by atoms with E-state index in [0.29, 0.717) is 25.0 Å². The first kappa shape index (κ1) is 19.1. The lowest BCUT2D eigenvalue weighted by Crippen LogP contribution is -2.50. The Balaban J connectivity index is 1.63. The standard InChI is InChI=1S/C20H29NO5/c1-24-18-8-14-9-19(25-2)17(21-20(22)23)10-15(14)16(18)12-26-11-13-6-4-3-5-7-13/h3-7,14-19,21H,8-12H2,1-2H3,(H,22,23)/t14-,15+,16-,17-,18-,19+/m0/s1. The lowest BCUT2D eigenvalue weighted by atomic mass is 9.74. The van der Waals surface area contributed by atoms with E-state index in [9.17, 15) is 4.79 Å². The van der Waals surface area contributed by atoms with Crippen molar-refractivity contribution < 1.29 is 24.1 Å². The van der Waals surface area contributed by atoms with E-state index < -0.39 is 6.09 Å². The molecule has 2 saturated carbocycles. The van der Waals surface area contributed by atoms with Crippen molar-refractivity contribution in [1.82, 2.24) is 5.32 Å². The molecule has 2 aliphatic rings. The van der Waals surface area contributed by atoms with Gasteiger partial charge in [0.2, 0.25) is 0 Å². The van der Waals surface area contributed by atoms with Crippen molar-refractivity contribution >= 4 is 6.09 Å². The van der Waals surface area contributed by atoms with Gasteiger partial charge >= 0.3 is 6.09 Å². The lowest BCUT2D eigenvalue weighted by molar-refractivity contribution is -0.0226. The second-order valence-corrected chi connectivity index (χ2v) is 7.40. The maximum atomic E-state index is 11.1. The van der Waals surface area contributed by atoms with Gasteiger partial charge in [0, 0.05) is 20.1 Å². The van der Waals surface area contributed by atoms with Crippen molar-refractivity contribution in [3.63, 3.8) is 0 Å². The van der Waals surface area contributed by atoms with E-state index in [1.165, 1.54) is 0 Å². The van der Waals surface area contributed by atoms with Crippen LogP contribution in [0.15, 0.2) is 30.3 Å². The summed E-state index contributed by atoms with van der Waals surface area (Å²) >= 11 is 0. The predicted molar refractivity (Wildman–Crippen MR) is 97.0 cm³/mol. The van der Waals surface area contributed by atoms with Crippen molar-refractivity contribution in [2.45, 2.75) is 44.1 Å². The third kappa shape index (κ3) is 4.37. The molecular formula is C20H29NO5. The minimum atomic E-state index is -0.992. The molecule has 2 fully saturated rings. The molecular weight excluding hydrogens is 334 g/mol. The van der Waals surface area contributed by atoms with Crippen LogP contribution in [0.2, 0.25) is 0 Å². The number of ether oxygens (including phenoxy) is 3. The predicted octanol–water partition coefficient (Wildman–Crippen LogP) is 2.92. The zero-order valence-corrected chi connectivity index (χ0v) is 15.5. The number of rotatable bonds is 7. The van der Waals surface area contributed by atoms with Crippen molar-refractivity contribution in [1.29, 1.82) is 0 Å². The van der Waals surface area contributed by atoms with Crippen molar-refractivity contribution in [3.8, 4) is 0 Å². The zero-order valence-electron chi connectivity index (χ0n) is 15.5. The van der Waals surface area contributed by atoms with Crippen LogP contribution in [0.3, 0.4) is 0 Å². The normalized spacial score (nSPS) is 33.6. The molecule has 0 radical (unpaired) electrons. The van der Waals surface area contributed by atoms with Gasteiger partial charge in [0.15, 0.2) is 0 Å². The quantitative estimate of drug-likeness (QED) is 0.779. The van der Waals surface area contributed by atoms with Gasteiger partial charge in [-0.05, 0) is 36.7 Å². The number of hydrogen-bond acceptors (Lipinski definition) is 4. The summed E-state index contributed by atoms with van der Waals surface area (Å²) in [4.78, 5) is 11.1. The molecule has 1 amide bonds. The van der Waals surface area contributed by atoms with Crippen LogP contribution in [0, 0.1) is 17.8 Å². The first-order valence-corrected chi connectivity index (χ1v) is 9.29. The second kappa shape index (κ2) is 8.84. The van der Waals surface area contributed by atoms with Gasteiger partial charge in [0.05, 0.1) is 31.5 Å². The average molecular weight is 363 g/mol. The molecule has 0 spiro atoms. The van der Waals surface area contributed by atoms with Gasteiger partial charge in [-0.2, -0.15) is 0 Å². The maximum absolute atomic E-state index is 11.1. The van der Waals surface area contributed by atoms with Gasteiger partial charge < -0.3 is 24.6 Å².